The monoisotopic (exact) mass is 401 g/mol. The van der Waals surface area contributed by atoms with Crippen molar-refractivity contribution < 1.29 is 14.3 Å². The molecule has 0 N–H and O–H groups in total. The first-order valence-corrected chi connectivity index (χ1v) is 9.05. The van der Waals surface area contributed by atoms with E-state index in [1.165, 1.54) is 0 Å². The molecule has 2 aromatic rings. The van der Waals surface area contributed by atoms with Gasteiger partial charge in [-0.2, -0.15) is 0 Å². The molecule has 2 aromatic carbocycles. The molecule has 1 heterocycles. The zero-order valence-electron chi connectivity index (χ0n) is 14.6. The Bertz CT molecular complexity index is 840. The molecule has 0 aliphatic carbocycles. The van der Waals surface area contributed by atoms with Crippen molar-refractivity contribution in [3.8, 4) is 5.75 Å². The number of ether oxygens (including phenoxy) is 1. The van der Waals surface area contributed by atoms with Crippen LogP contribution in [-0.2, 0) is 4.79 Å². The molecule has 0 fully saturated rings. The molecule has 25 heavy (non-hydrogen) atoms. The number of benzene rings is 2. The number of nitrogens with zero attached hydrogens (tertiary/aromatic N) is 1. The summed E-state index contributed by atoms with van der Waals surface area (Å²) in [6.07, 6.45) is 0.645. The van der Waals surface area contributed by atoms with Gasteiger partial charge < -0.3 is 9.64 Å². The topological polar surface area (TPSA) is 46.6 Å². The molecular formula is C20H20BrNO3. The van der Waals surface area contributed by atoms with Gasteiger partial charge in [0.05, 0.1) is 17.9 Å². The number of carbonyl (C=O) groups is 2. The van der Waals surface area contributed by atoms with E-state index in [0.29, 0.717) is 30.8 Å². The fraction of sp³-hybridized carbons (Fsp3) is 0.300. The van der Waals surface area contributed by atoms with Crippen LogP contribution in [-0.4, -0.2) is 24.8 Å². The third-order valence-corrected chi connectivity index (χ3v) is 4.95. The van der Waals surface area contributed by atoms with E-state index in [1.807, 2.05) is 45.0 Å². The maximum atomic E-state index is 12.3. The second-order valence-corrected chi connectivity index (χ2v) is 7.21. The van der Waals surface area contributed by atoms with E-state index in [0.717, 1.165) is 26.9 Å². The number of amides is 1. The van der Waals surface area contributed by atoms with E-state index < -0.39 is 11.7 Å². The highest BCUT2D eigenvalue weighted by Gasteiger charge is 2.37. The number of hydrogen-bond acceptors (Lipinski definition) is 3. The molecule has 0 aromatic heterocycles. The van der Waals surface area contributed by atoms with Crippen LogP contribution in [0.1, 0.15) is 33.5 Å². The molecule has 3 rings (SSSR count). The first-order chi connectivity index (χ1) is 11.9. The van der Waals surface area contributed by atoms with Gasteiger partial charge in [-0.05, 0) is 71.9 Å². The number of fused-ring (bicyclic) bond motifs is 1. The summed E-state index contributed by atoms with van der Waals surface area (Å²) < 4.78 is 6.67. The lowest BCUT2D eigenvalue weighted by Gasteiger charge is -2.19. The minimum absolute atomic E-state index is 0.435. The van der Waals surface area contributed by atoms with Crippen LogP contribution >= 0.6 is 15.9 Å². The Morgan fingerprint density at radius 1 is 1.08 bits per heavy atom. The number of hydrogen-bond donors (Lipinski definition) is 0. The van der Waals surface area contributed by atoms with E-state index in [2.05, 4.69) is 15.9 Å². The third-order valence-electron chi connectivity index (χ3n) is 4.34. The third kappa shape index (κ3) is 3.33. The van der Waals surface area contributed by atoms with E-state index >= 15 is 0 Å². The lowest BCUT2D eigenvalue weighted by atomic mass is 10.1. The normalized spacial score (nSPS) is 13.4. The zero-order valence-corrected chi connectivity index (χ0v) is 16.1. The fourth-order valence-corrected chi connectivity index (χ4v) is 3.95. The molecule has 0 bridgehead atoms. The van der Waals surface area contributed by atoms with Gasteiger partial charge in [-0.25, -0.2) is 0 Å². The fourth-order valence-electron chi connectivity index (χ4n) is 3.16. The summed E-state index contributed by atoms with van der Waals surface area (Å²) in [6.45, 7) is 6.87. The largest absolute Gasteiger partial charge is 0.493 e. The standard InChI is InChI=1S/C20H20BrNO3/c1-12-10-15-17(16(21)11-12)22(20(24)18(15)23)8-5-9-25-19-13(2)6-4-7-14(19)3/h4,6-7,10-11H,5,8-9H2,1-3H3. The molecule has 1 aliphatic rings. The Labute approximate surface area is 155 Å². The van der Waals surface area contributed by atoms with Crippen LogP contribution < -0.4 is 9.64 Å². The summed E-state index contributed by atoms with van der Waals surface area (Å²) in [5, 5.41) is 0. The van der Waals surface area contributed by atoms with Crippen LogP contribution in [0.3, 0.4) is 0 Å². The second kappa shape index (κ2) is 7.00. The van der Waals surface area contributed by atoms with Crippen LogP contribution in [0, 0.1) is 20.8 Å². The number of para-hydroxylation sites is 1. The van der Waals surface area contributed by atoms with Gasteiger partial charge in [-0.15, -0.1) is 0 Å². The highest BCUT2D eigenvalue weighted by atomic mass is 79.9. The minimum Gasteiger partial charge on any atom is -0.493 e. The lowest BCUT2D eigenvalue weighted by Crippen LogP contribution is -2.31. The van der Waals surface area contributed by atoms with Gasteiger partial charge in [0.1, 0.15) is 5.75 Å². The Morgan fingerprint density at radius 2 is 1.76 bits per heavy atom. The molecule has 1 amide bonds. The molecule has 0 radical (unpaired) electrons. The molecule has 1 aliphatic heterocycles. The predicted octanol–water partition coefficient (Wildman–Crippen LogP) is 4.37. The highest BCUT2D eigenvalue weighted by molar-refractivity contribution is 9.10. The Kier molecular flexibility index (Phi) is 4.95. The SMILES string of the molecule is Cc1cc(Br)c2c(c1)C(=O)C(=O)N2CCCOc1c(C)cccc1C. The van der Waals surface area contributed by atoms with E-state index in [1.54, 1.807) is 11.0 Å². The first kappa shape index (κ1) is 17.7. The molecule has 4 nitrogen and oxygen atoms in total. The van der Waals surface area contributed by atoms with Crippen molar-refractivity contribution in [1.82, 2.24) is 0 Å². The van der Waals surface area contributed by atoms with Crippen molar-refractivity contribution in [3.63, 3.8) is 0 Å². The van der Waals surface area contributed by atoms with Gasteiger partial charge in [-0.1, -0.05) is 18.2 Å². The van der Waals surface area contributed by atoms with Gasteiger partial charge >= 0.3 is 0 Å². The highest BCUT2D eigenvalue weighted by Crippen LogP contribution is 2.37. The number of Topliss-reactive ketones (excluding diaryl/α,β-unsaturated/α-hetero) is 1. The first-order valence-electron chi connectivity index (χ1n) is 8.25. The van der Waals surface area contributed by atoms with Crippen molar-refractivity contribution in [2.24, 2.45) is 0 Å². The Hall–Kier alpha value is -2.14. The van der Waals surface area contributed by atoms with Crippen LogP contribution in [0.4, 0.5) is 5.69 Å². The van der Waals surface area contributed by atoms with Crippen LogP contribution in [0.5, 0.6) is 5.75 Å². The molecule has 0 spiro atoms. The van der Waals surface area contributed by atoms with Crippen molar-refractivity contribution in [2.75, 3.05) is 18.1 Å². The maximum absolute atomic E-state index is 12.3. The van der Waals surface area contributed by atoms with Crippen LogP contribution in [0.2, 0.25) is 0 Å². The van der Waals surface area contributed by atoms with Crippen molar-refractivity contribution in [1.29, 1.82) is 0 Å². The minimum atomic E-state index is -0.464. The molecule has 0 saturated carbocycles. The Balaban J connectivity index is 1.69. The van der Waals surface area contributed by atoms with Crippen molar-refractivity contribution in [3.05, 3.63) is 57.1 Å². The number of aryl methyl sites for hydroxylation is 3. The van der Waals surface area contributed by atoms with Crippen LogP contribution in [0.25, 0.3) is 0 Å². The van der Waals surface area contributed by atoms with E-state index in [4.69, 9.17) is 4.74 Å². The van der Waals surface area contributed by atoms with Gasteiger partial charge in [0.15, 0.2) is 0 Å². The van der Waals surface area contributed by atoms with Gasteiger partial charge in [-0.3, -0.25) is 9.59 Å². The molecule has 5 heteroatoms. The van der Waals surface area contributed by atoms with Crippen molar-refractivity contribution >= 4 is 33.3 Å². The lowest BCUT2D eigenvalue weighted by molar-refractivity contribution is -0.114. The molecule has 0 unspecified atom stereocenters. The Morgan fingerprint density at radius 3 is 2.44 bits per heavy atom. The van der Waals surface area contributed by atoms with Crippen molar-refractivity contribution in [2.45, 2.75) is 27.2 Å². The molecule has 0 atom stereocenters. The van der Waals surface area contributed by atoms with Crippen LogP contribution in [0.15, 0.2) is 34.8 Å². The number of halogens is 1. The molecule has 130 valence electrons. The zero-order chi connectivity index (χ0) is 18.1. The number of ketones is 1. The van der Waals surface area contributed by atoms with Gasteiger partial charge in [0, 0.05) is 11.0 Å². The predicted molar refractivity (Wildman–Crippen MR) is 102 cm³/mol. The average Bonchev–Trinajstić information content (AvgIpc) is 2.79. The summed E-state index contributed by atoms with van der Waals surface area (Å²) in [5.74, 6) is -0.00744. The average molecular weight is 402 g/mol. The maximum Gasteiger partial charge on any atom is 0.299 e. The molecular weight excluding hydrogens is 382 g/mol. The smallest absolute Gasteiger partial charge is 0.299 e. The van der Waals surface area contributed by atoms with Gasteiger partial charge in [0.25, 0.3) is 11.7 Å². The number of anilines is 1. The number of rotatable bonds is 5. The van der Waals surface area contributed by atoms with E-state index in [-0.39, 0.29) is 0 Å². The summed E-state index contributed by atoms with van der Waals surface area (Å²) in [7, 11) is 0. The van der Waals surface area contributed by atoms with E-state index in [9.17, 15) is 9.59 Å². The molecule has 0 saturated heterocycles. The van der Waals surface area contributed by atoms with Gasteiger partial charge in [0.2, 0.25) is 0 Å². The summed E-state index contributed by atoms with van der Waals surface area (Å²) in [5.41, 5.74) is 4.29. The second-order valence-electron chi connectivity index (χ2n) is 6.35. The quantitative estimate of drug-likeness (QED) is 0.551. The number of carbonyl (C=O) groups excluding carboxylic acids is 2. The summed E-state index contributed by atoms with van der Waals surface area (Å²) in [6, 6.07) is 9.72. The summed E-state index contributed by atoms with van der Waals surface area (Å²) in [4.78, 5) is 26.1. The summed E-state index contributed by atoms with van der Waals surface area (Å²) >= 11 is 3.48.